The highest BCUT2D eigenvalue weighted by Crippen LogP contribution is 2.27. The molecule has 1 aromatic heterocycles. The van der Waals surface area contributed by atoms with E-state index in [4.69, 9.17) is 4.99 Å². The van der Waals surface area contributed by atoms with Crippen LogP contribution < -0.4 is 10.2 Å². The lowest BCUT2D eigenvalue weighted by atomic mass is 10.2. The number of phenolic OH excluding ortho intramolecular Hbond substituents is 1. The summed E-state index contributed by atoms with van der Waals surface area (Å²) in [5, 5.41) is 18.0. The Kier molecular flexibility index (Phi) is 6.17. The van der Waals surface area contributed by atoms with Crippen molar-refractivity contribution in [1.29, 1.82) is 0 Å². The second kappa shape index (κ2) is 9.35. The molecular formula is C23H28N6O. The van der Waals surface area contributed by atoms with Crippen molar-refractivity contribution < 1.29 is 5.11 Å². The highest BCUT2D eigenvalue weighted by molar-refractivity contribution is 5.80. The zero-order valence-corrected chi connectivity index (χ0v) is 17.3. The fraction of sp³-hybridized carbons (Fsp3) is 0.304. The summed E-state index contributed by atoms with van der Waals surface area (Å²) in [4.78, 5) is 9.34. The van der Waals surface area contributed by atoms with Gasteiger partial charge < -0.3 is 20.2 Å². The Labute approximate surface area is 177 Å². The Bertz CT molecular complexity index is 976. The summed E-state index contributed by atoms with van der Waals surface area (Å²) >= 11 is 0. The molecule has 156 valence electrons. The maximum Gasteiger partial charge on any atom is 0.194 e. The first-order valence-electron chi connectivity index (χ1n) is 10.4. The van der Waals surface area contributed by atoms with E-state index in [9.17, 15) is 5.11 Å². The van der Waals surface area contributed by atoms with E-state index in [1.54, 1.807) is 6.07 Å². The third-order valence-corrected chi connectivity index (χ3v) is 5.20. The van der Waals surface area contributed by atoms with Gasteiger partial charge in [-0.05, 0) is 31.2 Å². The van der Waals surface area contributed by atoms with Crippen molar-refractivity contribution in [1.82, 2.24) is 20.0 Å². The molecule has 0 radical (unpaired) electrons. The van der Waals surface area contributed by atoms with Gasteiger partial charge in [0.1, 0.15) is 5.75 Å². The fourth-order valence-electron chi connectivity index (χ4n) is 3.65. The number of hydrogen-bond acceptors (Lipinski definition) is 4. The Hall–Kier alpha value is -3.48. The van der Waals surface area contributed by atoms with Crippen molar-refractivity contribution in [2.75, 3.05) is 37.6 Å². The number of anilines is 1. The van der Waals surface area contributed by atoms with E-state index in [0.29, 0.717) is 12.3 Å². The molecular weight excluding hydrogens is 376 g/mol. The van der Waals surface area contributed by atoms with Crippen molar-refractivity contribution in [2.24, 2.45) is 4.99 Å². The third-order valence-electron chi connectivity index (χ3n) is 5.20. The first kappa shape index (κ1) is 19.8. The molecule has 4 rings (SSSR count). The van der Waals surface area contributed by atoms with Gasteiger partial charge in [0.05, 0.1) is 24.1 Å². The molecule has 0 aliphatic carbocycles. The van der Waals surface area contributed by atoms with Gasteiger partial charge in [-0.25, -0.2) is 9.67 Å². The van der Waals surface area contributed by atoms with Crippen LogP contribution in [0.1, 0.15) is 12.5 Å². The third kappa shape index (κ3) is 4.56. The smallest absolute Gasteiger partial charge is 0.194 e. The van der Waals surface area contributed by atoms with Gasteiger partial charge in [-0.1, -0.05) is 30.3 Å². The number of benzene rings is 2. The minimum Gasteiger partial charge on any atom is -0.506 e. The molecule has 7 heteroatoms. The standard InChI is InChI=1S/C23H28N6O/c1-2-24-23(25-16-19-17-26-29(18-19)20-8-4-3-5-9-20)28-14-12-27(13-15-28)21-10-6-7-11-22(21)30/h3-11,17-18,30H,2,12-16H2,1H3,(H,24,25). The van der Waals surface area contributed by atoms with Crippen LogP contribution in [0.2, 0.25) is 0 Å². The quantitative estimate of drug-likeness (QED) is 0.506. The highest BCUT2D eigenvalue weighted by atomic mass is 16.3. The Morgan fingerprint density at radius 3 is 2.50 bits per heavy atom. The molecule has 1 aliphatic rings. The topological polar surface area (TPSA) is 68.9 Å². The predicted octanol–water partition coefficient (Wildman–Crippen LogP) is 2.87. The largest absolute Gasteiger partial charge is 0.506 e. The lowest BCUT2D eigenvalue weighted by molar-refractivity contribution is 0.369. The molecule has 0 atom stereocenters. The number of piperazine rings is 1. The number of guanidine groups is 1. The van der Waals surface area contributed by atoms with Gasteiger partial charge in [-0.3, -0.25) is 0 Å². The predicted molar refractivity (Wildman–Crippen MR) is 120 cm³/mol. The molecule has 1 fully saturated rings. The molecule has 2 aromatic carbocycles. The van der Waals surface area contributed by atoms with Crippen molar-refractivity contribution in [3.05, 3.63) is 72.6 Å². The number of phenols is 1. The van der Waals surface area contributed by atoms with Crippen LogP contribution >= 0.6 is 0 Å². The lowest BCUT2D eigenvalue weighted by Gasteiger charge is -2.37. The monoisotopic (exact) mass is 404 g/mol. The summed E-state index contributed by atoms with van der Waals surface area (Å²) in [5.41, 5.74) is 3.01. The zero-order valence-electron chi connectivity index (χ0n) is 17.3. The van der Waals surface area contributed by atoms with Gasteiger partial charge >= 0.3 is 0 Å². The molecule has 3 aromatic rings. The van der Waals surface area contributed by atoms with E-state index in [1.807, 2.05) is 65.6 Å². The summed E-state index contributed by atoms with van der Waals surface area (Å²) in [6, 6.07) is 17.6. The van der Waals surface area contributed by atoms with E-state index in [0.717, 1.165) is 55.6 Å². The average Bonchev–Trinajstić information content (AvgIpc) is 3.27. The lowest BCUT2D eigenvalue weighted by Crippen LogP contribution is -2.52. The van der Waals surface area contributed by atoms with Gasteiger partial charge in [0.15, 0.2) is 5.96 Å². The molecule has 1 saturated heterocycles. The summed E-state index contributed by atoms with van der Waals surface area (Å²) in [6.07, 6.45) is 3.90. The van der Waals surface area contributed by atoms with E-state index in [1.165, 1.54) is 0 Å². The maximum atomic E-state index is 10.1. The molecule has 0 unspecified atom stereocenters. The first-order chi connectivity index (χ1) is 14.7. The average molecular weight is 405 g/mol. The van der Waals surface area contributed by atoms with Crippen LogP contribution in [0.25, 0.3) is 5.69 Å². The van der Waals surface area contributed by atoms with Crippen LogP contribution in [0.5, 0.6) is 5.75 Å². The first-order valence-corrected chi connectivity index (χ1v) is 10.4. The van der Waals surface area contributed by atoms with Crippen molar-refractivity contribution in [2.45, 2.75) is 13.5 Å². The Morgan fingerprint density at radius 1 is 1.03 bits per heavy atom. The van der Waals surface area contributed by atoms with E-state index in [2.05, 4.69) is 27.1 Å². The molecule has 2 N–H and O–H groups in total. The number of para-hydroxylation sites is 3. The number of aromatic nitrogens is 2. The second-order valence-electron chi connectivity index (χ2n) is 7.26. The SMILES string of the molecule is CCNC(=NCc1cnn(-c2ccccc2)c1)N1CCN(c2ccccc2O)CC1. The molecule has 1 aliphatic heterocycles. The van der Waals surface area contributed by atoms with Gasteiger partial charge in [0.25, 0.3) is 0 Å². The number of nitrogens with one attached hydrogen (secondary N) is 1. The molecule has 7 nitrogen and oxygen atoms in total. The van der Waals surface area contributed by atoms with E-state index in [-0.39, 0.29) is 0 Å². The number of aromatic hydroxyl groups is 1. The molecule has 30 heavy (non-hydrogen) atoms. The normalized spacial score (nSPS) is 14.8. The summed E-state index contributed by atoms with van der Waals surface area (Å²) in [7, 11) is 0. The minimum absolute atomic E-state index is 0.335. The second-order valence-corrected chi connectivity index (χ2v) is 7.26. The Balaban J connectivity index is 1.40. The van der Waals surface area contributed by atoms with Gasteiger partial charge in [0.2, 0.25) is 0 Å². The van der Waals surface area contributed by atoms with Crippen molar-refractivity contribution in [3.63, 3.8) is 0 Å². The number of hydrogen-bond donors (Lipinski definition) is 2. The van der Waals surface area contributed by atoms with Gasteiger partial charge in [-0.15, -0.1) is 0 Å². The molecule has 0 saturated carbocycles. The summed E-state index contributed by atoms with van der Waals surface area (Å²) in [5.74, 6) is 1.25. The summed E-state index contributed by atoms with van der Waals surface area (Å²) < 4.78 is 1.88. The molecule has 0 spiro atoms. The molecule has 0 bridgehead atoms. The fourth-order valence-corrected chi connectivity index (χ4v) is 3.65. The molecule has 0 amide bonds. The minimum atomic E-state index is 0.335. The van der Waals surface area contributed by atoms with E-state index >= 15 is 0 Å². The van der Waals surface area contributed by atoms with Crippen LogP contribution in [0.15, 0.2) is 72.0 Å². The maximum absolute atomic E-state index is 10.1. The van der Waals surface area contributed by atoms with Crippen LogP contribution in [0.3, 0.4) is 0 Å². The van der Waals surface area contributed by atoms with Crippen LogP contribution in [0, 0.1) is 0 Å². The Morgan fingerprint density at radius 2 is 1.77 bits per heavy atom. The van der Waals surface area contributed by atoms with Crippen LogP contribution in [-0.4, -0.2) is 58.5 Å². The van der Waals surface area contributed by atoms with Gasteiger partial charge in [0, 0.05) is 44.5 Å². The van der Waals surface area contributed by atoms with Crippen molar-refractivity contribution in [3.8, 4) is 11.4 Å². The number of nitrogens with zero attached hydrogens (tertiary/aromatic N) is 5. The van der Waals surface area contributed by atoms with Crippen LogP contribution in [0.4, 0.5) is 5.69 Å². The summed E-state index contributed by atoms with van der Waals surface area (Å²) in [6.45, 7) is 6.87. The zero-order chi connectivity index (χ0) is 20.8. The van der Waals surface area contributed by atoms with Gasteiger partial charge in [-0.2, -0.15) is 5.10 Å². The van der Waals surface area contributed by atoms with Crippen molar-refractivity contribution >= 4 is 11.6 Å². The highest BCUT2D eigenvalue weighted by Gasteiger charge is 2.21. The van der Waals surface area contributed by atoms with E-state index < -0.39 is 0 Å². The number of aliphatic imine (C=N–C) groups is 1. The van der Waals surface area contributed by atoms with Crippen LogP contribution in [-0.2, 0) is 6.54 Å². The number of rotatable bonds is 5. The molecule has 2 heterocycles.